The van der Waals surface area contributed by atoms with E-state index in [2.05, 4.69) is 10.6 Å². The Labute approximate surface area is 79.2 Å². The lowest BCUT2D eigenvalue weighted by molar-refractivity contribution is -0.290. The van der Waals surface area contributed by atoms with Gasteiger partial charge in [0.25, 0.3) is 0 Å². The third-order valence-corrected chi connectivity index (χ3v) is 3.89. The van der Waals surface area contributed by atoms with Gasteiger partial charge in [-0.3, -0.25) is 5.32 Å². The Morgan fingerprint density at radius 2 is 2.00 bits per heavy atom. The number of piperidine rings is 2. The van der Waals surface area contributed by atoms with E-state index in [1.807, 2.05) is 0 Å². The fourth-order valence-electron chi connectivity index (χ4n) is 3.13. The lowest BCUT2D eigenvalue weighted by Gasteiger charge is -2.59. The Kier molecular flexibility index (Phi) is 1.86. The Morgan fingerprint density at radius 1 is 1.15 bits per heavy atom. The van der Waals surface area contributed by atoms with E-state index >= 15 is 0 Å². The van der Waals surface area contributed by atoms with Gasteiger partial charge in [0.15, 0.2) is 0 Å². The molecular formula is C10H18N2O. The minimum absolute atomic E-state index is 0.267. The zero-order chi connectivity index (χ0) is 8.73. The average molecular weight is 182 g/mol. The lowest BCUT2D eigenvalue weighted by Crippen LogP contribution is -2.69. The molecule has 3 rings (SSSR count). The smallest absolute Gasteiger partial charge is 0.114 e. The number of nitrogens with one attached hydrogen (secondary N) is 2. The maximum absolute atomic E-state index is 6.02. The van der Waals surface area contributed by atoms with E-state index in [-0.39, 0.29) is 5.60 Å². The highest BCUT2D eigenvalue weighted by Crippen LogP contribution is 2.47. The molecule has 3 saturated heterocycles. The molecule has 0 radical (unpaired) electrons. The summed E-state index contributed by atoms with van der Waals surface area (Å²) < 4.78 is 6.02. The van der Waals surface area contributed by atoms with Crippen molar-refractivity contribution in [1.82, 2.24) is 10.6 Å². The van der Waals surface area contributed by atoms with E-state index in [9.17, 15) is 0 Å². The summed E-state index contributed by atoms with van der Waals surface area (Å²) in [6, 6.07) is 0. The van der Waals surface area contributed by atoms with Gasteiger partial charge < -0.3 is 10.1 Å². The molecule has 0 aliphatic carbocycles. The van der Waals surface area contributed by atoms with E-state index in [0.29, 0.717) is 6.23 Å². The van der Waals surface area contributed by atoms with Crippen molar-refractivity contribution in [2.45, 2.75) is 37.5 Å². The van der Waals surface area contributed by atoms with Crippen LogP contribution in [-0.2, 0) is 4.74 Å². The minimum Gasteiger partial charge on any atom is -0.356 e. The van der Waals surface area contributed by atoms with Crippen molar-refractivity contribution >= 4 is 0 Å². The highest BCUT2D eigenvalue weighted by Gasteiger charge is 2.55. The van der Waals surface area contributed by atoms with Crippen LogP contribution in [0.4, 0.5) is 0 Å². The van der Waals surface area contributed by atoms with E-state index < -0.39 is 0 Å². The topological polar surface area (TPSA) is 33.3 Å². The fourth-order valence-corrected chi connectivity index (χ4v) is 3.13. The molecule has 3 aliphatic rings. The predicted molar refractivity (Wildman–Crippen MR) is 50.4 cm³/mol. The van der Waals surface area contributed by atoms with Crippen LogP contribution < -0.4 is 10.6 Å². The number of rotatable bonds is 0. The van der Waals surface area contributed by atoms with Crippen molar-refractivity contribution in [3.63, 3.8) is 0 Å². The van der Waals surface area contributed by atoms with Crippen LogP contribution in [0, 0.1) is 5.92 Å². The van der Waals surface area contributed by atoms with Gasteiger partial charge in [-0.1, -0.05) is 0 Å². The molecule has 2 unspecified atom stereocenters. The molecule has 1 spiro atoms. The molecule has 2 atom stereocenters. The summed E-state index contributed by atoms with van der Waals surface area (Å²) in [6.07, 6.45) is 5.54. The molecule has 74 valence electrons. The number of hydrogen-bond donors (Lipinski definition) is 2. The number of hydrogen-bond acceptors (Lipinski definition) is 3. The maximum atomic E-state index is 6.02. The third-order valence-electron chi connectivity index (χ3n) is 3.89. The molecule has 0 bridgehead atoms. The van der Waals surface area contributed by atoms with Gasteiger partial charge in [0.2, 0.25) is 0 Å². The molecular weight excluding hydrogens is 164 g/mol. The Balaban J connectivity index is 1.71. The van der Waals surface area contributed by atoms with Crippen LogP contribution in [0.15, 0.2) is 0 Å². The SMILES string of the molecule is C1CNC2OC3(CCNCC3)C2C1. The second kappa shape index (κ2) is 2.94. The van der Waals surface area contributed by atoms with E-state index in [0.717, 1.165) is 25.6 Å². The molecule has 0 amide bonds. The van der Waals surface area contributed by atoms with Crippen molar-refractivity contribution in [1.29, 1.82) is 0 Å². The summed E-state index contributed by atoms with van der Waals surface area (Å²) in [7, 11) is 0. The summed E-state index contributed by atoms with van der Waals surface area (Å²) in [4.78, 5) is 0. The summed E-state index contributed by atoms with van der Waals surface area (Å²) in [5, 5.41) is 6.85. The summed E-state index contributed by atoms with van der Waals surface area (Å²) in [5.41, 5.74) is 0.267. The molecule has 3 aliphatic heterocycles. The maximum Gasteiger partial charge on any atom is 0.114 e. The van der Waals surface area contributed by atoms with E-state index in [1.165, 1.54) is 25.7 Å². The fraction of sp³-hybridized carbons (Fsp3) is 1.00. The van der Waals surface area contributed by atoms with Gasteiger partial charge in [-0.05, 0) is 45.3 Å². The zero-order valence-corrected chi connectivity index (χ0v) is 8.01. The van der Waals surface area contributed by atoms with E-state index in [4.69, 9.17) is 4.74 Å². The van der Waals surface area contributed by atoms with Crippen LogP contribution in [-0.4, -0.2) is 31.5 Å². The lowest BCUT2D eigenvalue weighted by atomic mass is 9.70. The van der Waals surface area contributed by atoms with Crippen molar-refractivity contribution in [2.24, 2.45) is 5.92 Å². The van der Waals surface area contributed by atoms with Crippen LogP contribution in [0.5, 0.6) is 0 Å². The van der Waals surface area contributed by atoms with Crippen LogP contribution in [0.25, 0.3) is 0 Å². The Hall–Kier alpha value is -0.120. The average Bonchev–Trinajstić information content (AvgIpc) is 2.18. The Bertz CT molecular complexity index is 201. The quantitative estimate of drug-likeness (QED) is 0.571. The zero-order valence-electron chi connectivity index (χ0n) is 8.01. The molecule has 0 aromatic heterocycles. The first-order valence-corrected chi connectivity index (χ1v) is 5.53. The second-order valence-corrected chi connectivity index (χ2v) is 4.56. The molecule has 0 aromatic carbocycles. The van der Waals surface area contributed by atoms with Gasteiger partial charge in [-0.2, -0.15) is 0 Å². The molecule has 3 heterocycles. The number of ether oxygens (including phenoxy) is 1. The van der Waals surface area contributed by atoms with Crippen LogP contribution in [0.3, 0.4) is 0 Å². The van der Waals surface area contributed by atoms with Crippen LogP contribution in [0.2, 0.25) is 0 Å². The number of fused-ring (bicyclic) bond motifs is 2. The van der Waals surface area contributed by atoms with Crippen LogP contribution in [0.1, 0.15) is 25.7 Å². The first-order chi connectivity index (χ1) is 6.41. The normalized spacial score (nSPS) is 42.5. The third kappa shape index (κ3) is 1.14. The molecule has 0 aromatic rings. The predicted octanol–water partition coefficient (Wildman–Crippen LogP) is 0.464. The molecule has 2 N–H and O–H groups in total. The molecule has 3 fully saturated rings. The van der Waals surface area contributed by atoms with Crippen molar-refractivity contribution in [3.05, 3.63) is 0 Å². The van der Waals surface area contributed by atoms with Crippen molar-refractivity contribution in [2.75, 3.05) is 19.6 Å². The van der Waals surface area contributed by atoms with Gasteiger partial charge in [-0.15, -0.1) is 0 Å². The summed E-state index contributed by atoms with van der Waals surface area (Å²) >= 11 is 0. The second-order valence-electron chi connectivity index (χ2n) is 4.56. The van der Waals surface area contributed by atoms with E-state index in [1.54, 1.807) is 0 Å². The largest absolute Gasteiger partial charge is 0.356 e. The molecule has 3 heteroatoms. The molecule has 3 nitrogen and oxygen atoms in total. The first kappa shape index (κ1) is 8.21. The Morgan fingerprint density at radius 3 is 2.77 bits per heavy atom. The molecule has 0 saturated carbocycles. The monoisotopic (exact) mass is 182 g/mol. The van der Waals surface area contributed by atoms with Gasteiger partial charge in [-0.25, -0.2) is 0 Å². The summed E-state index contributed by atoms with van der Waals surface area (Å²) in [6.45, 7) is 3.43. The van der Waals surface area contributed by atoms with Crippen molar-refractivity contribution < 1.29 is 4.74 Å². The van der Waals surface area contributed by atoms with Gasteiger partial charge in [0.1, 0.15) is 6.23 Å². The summed E-state index contributed by atoms with van der Waals surface area (Å²) in [5.74, 6) is 0.809. The minimum atomic E-state index is 0.267. The van der Waals surface area contributed by atoms with Gasteiger partial charge >= 0.3 is 0 Å². The standard InChI is InChI=1S/C10H18N2O/c1-2-8-9(12-5-1)13-10(8)3-6-11-7-4-10/h8-9,11-12H,1-7H2. The first-order valence-electron chi connectivity index (χ1n) is 5.53. The van der Waals surface area contributed by atoms with Gasteiger partial charge in [0, 0.05) is 5.92 Å². The van der Waals surface area contributed by atoms with Gasteiger partial charge in [0.05, 0.1) is 5.60 Å². The molecule has 13 heavy (non-hydrogen) atoms. The van der Waals surface area contributed by atoms with Crippen LogP contribution >= 0.6 is 0 Å². The van der Waals surface area contributed by atoms with Crippen molar-refractivity contribution in [3.8, 4) is 0 Å². The highest BCUT2D eigenvalue weighted by molar-refractivity contribution is 5.04. The highest BCUT2D eigenvalue weighted by atomic mass is 16.6.